The highest BCUT2D eigenvalue weighted by Gasteiger charge is 2.33. The van der Waals surface area contributed by atoms with E-state index in [4.69, 9.17) is 16.3 Å². The van der Waals surface area contributed by atoms with Crippen LogP contribution in [0.1, 0.15) is 12.8 Å². The summed E-state index contributed by atoms with van der Waals surface area (Å²) in [6, 6.07) is 5.75. The second-order valence-corrected chi connectivity index (χ2v) is 5.91. The minimum absolute atomic E-state index is 0.0591. The molecule has 25 heavy (non-hydrogen) atoms. The number of nitrogens with zero attached hydrogens (tertiary/aromatic N) is 3. The number of piperidine rings is 1. The third-order valence-electron chi connectivity index (χ3n) is 3.66. The average molecular weight is 374 g/mol. The minimum Gasteiger partial charge on any atom is -0.485 e. The van der Waals surface area contributed by atoms with Crippen LogP contribution in [0.4, 0.5) is 19.0 Å². The molecule has 0 aliphatic carbocycles. The maximum absolute atomic E-state index is 12.5. The van der Waals surface area contributed by atoms with Crippen LogP contribution in [0.5, 0.6) is 11.5 Å². The van der Waals surface area contributed by atoms with E-state index in [1.54, 1.807) is 12.3 Å². The van der Waals surface area contributed by atoms with E-state index < -0.39 is 6.36 Å². The van der Waals surface area contributed by atoms with E-state index in [9.17, 15) is 13.2 Å². The van der Waals surface area contributed by atoms with Crippen LogP contribution >= 0.6 is 11.6 Å². The zero-order valence-corrected chi connectivity index (χ0v) is 13.8. The van der Waals surface area contributed by atoms with Gasteiger partial charge in [-0.1, -0.05) is 23.7 Å². The van der Waals surface area contributed by atoms with Crippen LogP contribution < -0.4 is 14.4 Å². The molecule has 1 saturated heterocycles. The van der Waals surface area contributed by atoms with E-state index in [2.05, 4.69) is 14.7 Å². The maximum atomic E-state index is 12.5. The Labute approximate surface area is 147 Å². The van der Waals surface area contributed by atoms with Gasteiger partial charge in [0.1, 0.15) is 17.1 Å². The normalized spacial score (nSPS) is 18.1. The van der Waals surface area contributed by atoms with Crippen LogP contribution in [-0.2, 0) is 0 Å². The maximum Gasteiger partial charge on any atom is 0.573 e. The van der Waals surface area contributed by atoms with Crippen LogP contribution in [0.15, 0.2) is 36.7 Å². The molecule has 9 heteroatoms. The van der Waals surface area contributed by atoms with Crippen LogP contribution in [0.25, 0.3) is 0 Å². The second-order valence-electron chi connectivity index (χ2n) is 5.52. The fourth-order valence-corrected chi connectivity index (χ4v) is 2.81. The van der Waals surface area contributed by atoms with Crippen molar-refractivity contribution in [3.63, 3.8) is 0 Å². The number of hydrogen-bond donors (Lipinski definition) is 0. The van der Waals surface area contributed by atoms with Crippen LogP contribution in [0, 0.1) is 0 Å². The number of para-hydroxylation sites is 2. The van der Waals surface area contributed by atoms with Gasteiger partial charge in [-0.25, -0.2) is 4.98 Å². The van der Waals surface area contributed by atoms with Crippen LogP contribution in [-0.4, -0.2) is 35.5 Å². The number of halogens is 4. The van der Waals surface area contributed by atoms with E-state index in [-0.39, 0.29) is 22.8 Å². The predicted molar refractivity (Wildman–Crippen MR) is 86.0 cm³/mol. The largest absolute Gasteiger partial charge is 0.573 e. The fourth-order valence-electron chi connectivity index (χ4n) is 2.66. The summed E-state index contributed by atoms with van der Waals surface area (Å²) in [5, 5.41) is 0.282. The Morgan fingerprint density at radius 1 is 1.16 bits per heavy atom. The first kappa shape index (κ1) is 17.6. The molecule has 0 spiro atoms. The van der Waals surface area contributed by atoms with Crippen molar-refractivity contribution >= 4 is 17.4 Å². The van der Waals surface area contributed by atoms with Crippen molar-refractivity contribution in [1.82, 2.24) is 9.97 Å². The van der Waals surface area contributed by atoms with Crippen molar-refractivity contribution in [3.8, 4) is 11.5 Å². The molecule has 2 aromatic rings. The Kier molecular flexibility index (Phi) is 5.17. The predicted octanol–water partition coefficient (Wildman–Crippen LogP) is 4.08. The third kappa shape index (κ3) is 4.88. The van der Waals surface area contributed by atoms with Gasteiger partial charge < -0.3 is 14.4 Å². The van der Waals surface area contributed by atoms with Crippen molar-refractivity contribution in [1.29, 1.82) is 0 Å². The van der Waals surface area contributed by atoms with Gasteiger partial charge in [0.05, 0.1) is 18.9 Å². The molecule has 0 amide bonds. The summed E-state index contributed by atoms with van der Waals surface area (Å²) < 4.78 is 47.3. The van der Waals surface area contributed by atoms with E-state index in [1.807, 2.05) is 4.90 Å². The van der Waals surface area contributed by atoms with E-state index in [0.717, 1.165) is 13.0 Å². The summed E-state index contributed by atoms with van der Waals surface area (Å²) in [5.41, 5.74) is 0. The second kappa shape index (κ2) is 7.35. The molecule has 3 rings (SSSR count). The summed E-state index contributed by atoms with van der Waals surface area (Å²) >= 11 is 5.86. The van der Waals surface area contributed by atoms with Gasteiger partial charge in [-0.05, 0) is 25.0 Å². The molecule has 1 aliphatic heterocycles. The number of rotatable bonds is 4. The Morgan fingerprint density at radius 3 is 2.64 bits per heavy atom. The van der Waals surface area contributed by atoms with Crippen molar-refractivity contribution in [3.05, 3.63) is 41.8 Å². The molecular weight excluding hydrogens is 359 g/mol. The van der Waals surface area contributed by atoms with Gasteiger partial charge in [-0.2, -0.15) is 0 Å². The molecule has 134 valence electrons. The Hall–Kier alpha value is -2.22. The van der Waals surface area contributed by atoms with Crippen molar-refractivity contribution in [2.45, 2.75) is 25.3 Å². The van der Waals surface area contributed by atoms with E-state index in [1.165, 1.54) is 24.4 Å². The SMILES string of the molecule is FC(F)(F)Oc1ccccc1OC1CCCN(c2cncc(Cl)n2)C1. The molecule has 0 bridgehead atoms. The first-order chi connectivity index (χ1) is 11.9. The van der Waals surface area contributed by atoms with Gasteiger partial charge in [0.2, 0.25) is 0 Å². The summed E-state index contributed by atoms with van der Waals surface area (Å²) in [5.74, 6) is 0.319. The Morgan fingerprint density at radius 2 is 1.92 bits per heavy atom. The molecule has 0 saturated carbocycles. The van der Waals surface area contributed by atoms with E-state index >= 15 is 0 Å². The summed E-state index contributed by atoms with van der Waals surface area (Å²) in [4.78, 5) is 10.1. The molecule has 5 nitrogen and oxygen atoms in total. The lowest BCUT2D eigenvalue weighted by atomic mass is 10.1. The molecule has 0 N–H and O–H groups in total. The van der Waals surface area contributed by atoms with Gasteiger partial charge in [-0.15, -0.1) is 13.2 Å². The smallest absolute Gasteiger partial charge is 0.485 e. The number of alkyl halides is 3. The zero-order valence-electron chi connectivity index (χ0n) is 13.0. The summed E-state index contributed by atoms with van der Waals surface area (Å²) in [6.45, 7) is 1.21. The molecule has 1 fully saturated rings. The van der Waals surface area contributed by atoms with Crippen molar-refractivity contribution < 1.29 is 22.6 Å². The van der Waals surface area contributed by atoms with Gasteiger partial charge in [0.25, 0.3) is 0 Å². The first-order valence-electron chi connectivity index (χ1n) is 7.64. The van der Waals surface area contributed by atoms with Crippen LogP contribution in [0.2, 0.25) is 5.15 Å². The molecule has 1 aliphatic rings. The lowest BCUT2D eigenvalue weighted by Crippen LogP contribution is -2.41. The van der Waals surface area contributed by atoms with Crippen molar-refractivity contribution in [2.75, 3.05) is 18.0 Å². The van der Waals surface area contributed by atoms with Crippen LogP contribution in [0.3, 0.4) is 0 Å². The molecule has 1 aromatic heterocycles. The molecular formula is C16H15ClF3N3O2. The third-order valence-corrected chi connectivity index (χ3v) is 3.85. The Balaban J connectivity index is 1.71. The monoisotopic (exact) mass is 373 g/mol. The molecule has 0 radical (unpaired) electrons. The number of hydrogen-bond acceptors (Lipinski definition) is 5. The molecule has 1 atom stereocenters. The number of ether oxygens (including phenoxy) is 2. The highest BCUT2D eigenvalue weighted by atomic mass is 35.5. The lowest BCUT2D eigenvalue weighted by molar-refractivity contribution is -0.275. The zero-order chi connectivity index (χ0) is 17.9. The average Bonchev–Trinajstić information content (AvgIpc) is 2.56. The number of anilines is 1. The lowest BCUT2D eigenvalue weighted by Gasteiger charge is -2.33. The molecule has 2 heterocycles. The quantitative estimate of drug-likeness (QED) is 0.808. The van der Waals surface area contributed by atoms with Gasteiger partial charge >= 0.3 is 6.36 Å². The van der Waals surface area contributed by atoms with Gasteiger partial charge in [0, 0.05) is 6.54 Å². The topological polar surface area (TPSA) is 47.5 Å². The van der Waals surface area contributed by atoms with Gasteiger partial charge in [0.15, 0.2) is 11.5 Å². The first-order valence-corrected chi connectivity index (χ1v) is 8.02. The Bertz CT molecular complexity index is 730. The summed E-state index contributed by atoms with van der Waals surface area (Å²) in [6.07, 6.45) is -0.518. The van der Waals surface area contributed by atoms with Crippen molar-refractivity contribution in [2.24, 2.45) is 0 Å². The standard InChI is InChI=1S/C16H15ClF3N3O2/c17-14-8-21-9-15(22-14)23-7-3-4-11(10-23)24-12-5-1-2-6-13(12)25-16(18,19)20/h1-2,5-6,8-9,11H,3-4,7,10H2. The molecule has 1 aromatic carbocycles. The summed E-state index contributed by atoms with van der Waals surface area (Å²) in [7, 11) is 0. The highest BCUT2D eigenvalue weighted by molar-refractivity contribution is 6.29. The van der Waals surface area contributed by atoms with Gasteiger partial charge in [-0.3, -0.25) is 4.98 Å². The highest BCUT2D eigenvalue weighted by Crippen LogP contribution is 2.33. The van der Waals surface area contributed by atoms with E-state index in [0.29, 0.717) is 18.8 Å². The number of benzene rings is 1. The minimum atomic E-state index is -4.77. The number of aromatic nitrogens is 2. The molecule has 1 unspecified atom stereocenters. The fraction of sp³-hybridized carbons (Fsp3) is 0.375.